The van der Waals surface area contributed by atoms with Gasteiger partial charge in [-0.1, -0.05) is 31.0 Å². The van der Waals surface area contributed by atoms with Crippen molar-refractivity contribution in [3.63, 3.8) is 0 Å². The third-order valence-corrected chi connectivity index (χ3v) is 4.10. The van der Waals surface area contributed by atoms with E-state index in [1.165, 1.54) is 17.7 Å². The summed E-state index contributed by atoms with van der Waals surface area (Å²) in [4.78, 5) is 1.28. The van der Waals surface area contributed by atoms with Gasteiger partial charge >= 0.3 is 0 Å². The molecule has 2 atom stereocenters. The molecule has 1 aromatic rings. The van der Waals surface area contributed by atoms with E-state index < -0.39 is 0 Å². The van der Waals surface area contributed by atoms with Crippen molar-refractivity contribution in [3.8, 4) is 0 Å². The van der Waals surface area contributed by atoms with E-state index in [2.05, 4.69) is 24.3 Å². The van der Waals surface area contributed by atoms with Crippen LogP contribution in [0.4, 0.5) is 0 Å². The Labute approximate surface area is 89.5 Å². The van der Waals surface area contributed by atoms with Crippen molar-refractivity contribution < 1.29 is 5.11 Å². The molecule has 1 nitrogen and oxygen atoms in total. The maximum absolute atomic E-state index is 9.81. The van der Waals surface area contributed by atoms with Gasteiger partial charge in [-0.2, -0.15) is 0 Å². The molecule has 0 bridgehead atoms. The Bertz CT molecular complexity index is 273. The molecule has 1 unspecified atom stereocenters. The monoisotopic (exact) mass is 208 g/mol. The van der Waals surface area contributed by atoms with Gasteiger partial charge < -0.3 is 5.11 Å². The zero-order valence-electron chi connectivity index (χ0n) is 8.23. The second-order valence-electron chi connectivity index (χ2n) is 3.82. The SMILES string of the molecule is OC1CCCC[C@@H]1Sc1ccccc1. The second kappa shape index (κ2) is 4.85. The minimum atomic E-state index is -0.103. The summed E-state index contributed by atoms with van der Waals surface area (Å²) in [5.41, 5.74) is 0. The van der Waals surface area contributed by atoms with E-state index in [-0.39, 0.29) is 6.10 Å². The molecule has 1 aromatic carbocycles. The molecular weight excluding hydrogens is 192 g/mol. The molecule has 2 heteroatoms. The predicted molar refractivity (Wildman–Crippen MR) is 60.6 cm³/mol. The lowest BCUT2D eigenvalue weighted by atomic mass is 9.97. The molecule has 1 aliphatic rings. The van der Waals surface area contributed by atoms with Crippen LogP contribution in [0.2, 0.25) is 0 Å². The van der Waals surface area contributed by atoms with Crippen molar-refractivity contribution in [2.24, 2.45) is 0 Å². The Hall–Kier alpha value is -0.470. The highest BCUT2D eigenvalue weighted by Crippen LogP contribution is 2.33. The van der Waals surface area contributed by atoms with Crippen LogP contribution < -0.4 is 0 Å². The number of hydrogen-bond donors (Lipinski definition) is 1. The quantitative estimate of drug-likeness (QED) is 0.806. The molecule has 1 saturated carbocycles. The van der Waals surface area contributed by atoms with Crippen LogP contribution in [0.5, 0.6) is 0 Å². The van der Waals surface area contributed by atoms with E-state index in [1.807, 2.05) is 17.8 Å². The highest BCUT2D eigenvalue weighted by molar-refractivity contribution is 8.00. The van der Waals surface area contributed by atoms with Crippen LogP contribution in [0.15, 0.2) is 35.2 Å². The van der Waals surface area contributed by atoms with Gasteiger partial charge in [0.15, 0.2) is 0 Å². The molecule has 0 aromatic heterocycles. The summed E-state index contributed by atoms with van der Waals surface area (Å²) in [5.74, 6) is 0. The van der Waals surface area contributed by atoms with Crippen molar-refractivity contribution in [3.05, 3.63) is 30.3 Å². The first-order valence-electron chi connectivity index (χ1n) is 5.26. The van der Waals surface area contributed by atoms with Gasteiger partial charge in [0, 0.05) is 10.1 Å². The largest absolute Gasteiger partial charge is 0.392 e. The first-order chi connectivity index (χ1) is 6.86. The summed E-state index contributed by atoms with van der Waals surface area (Å²) in [6, 6.07) is 10.4. The number of hydrogen-bond acceptors (Lipinski definition) is 2. The third kappa shape index (κ3) is 2.52. The van der Waals surface area contributed by atoms with Gasteiger partial charge in [0.1, 0.15) is 0 Å². The number of aliphatic hydroxyl groups is 1. The molecule has 0 aliphatic heterocycles. The van der Waals surface area contributed by atoms with E-state index in [4.69, 9.17) is 0 Å². The summed E-state index contributed by atoms with van der Waals surface area (Å²) in [7, 11) is 0. The summed E-state index contributed by atoms with van der Waals surface area (Å²) in [6.45, 7) is 0. The molecule has 1 fully saturated rings. The first-order valence-corrected chi connectivity index (χ1v) is 6.14. The smallest absolute Gasteiger partial charge is 0.0662 e. The van der Waals surface area contributed by atoms with Crippen molar-refractivity contribution in [2.45, 2.75) is 41.9 Å². The van der Waals surface area contributed by atoms with E-state index in [0.29, 0.717) is 5.25 Å². The van der Waals surface area contributed by atoms with Crippen LogP contribution in [0, 0.1) is 0 Å². The molecule has 0 radical (unpaired) electrons. The standard InChI is InChI=1S/C12H16OS/c13-11-8-4-5-9-12(11)14-10-6-2-1-3-7-10/h1-3,6-7,11-13H,4-5,8-9H2/t11?,12-/m0/s1. The van der Waals surface area contributed by atoms with Gasteiger partial charge in [-0.25, -0.2) is 0 Å². The fourth-order valence-electron chi connectivity index (χ4n) is 1.89. The average Bonchev–Trinajstić information content (AvgIpc) is 2.23. The normalized spacial score (nSPS) is 27.5. The van der Waals surface area contributed by atoms with E-state index in [1.54, 1.807) is 0 Å². The van der Waals surface area contributed by atoms with Crippen molar-refractivity contribution in [1.29, 1.82) is 0 Å². The highest BCUT2D eigenvalue weighted by Gasteiger charge is 2.23. The molecule has 0 amide bonds. The number of aliphatic hydroxyl groups excluding tert-OH is 1. The van der Waals surface area contributed by atoms with Gasteiger partial charge in [-0.3, -0.25) is 0 Å². The summed E-state index contributed by atoms with van der Waals surface area (Å²) in [5, 5.41) is 10.2. The van der Waals surface area contributed by atoms with Crippen molar-refractivity contribution >= 4 is 11.8 Å². The fraction of sp³-hybridized carbons (Fsp3) is 0.500. The average molecular weight is 208 g/mol. The van der Waals surface area contributed by atoms with Gasteiger partial charge in [0.25, 0.3) is 0 Å². The molecule has 1 N–H and O–H groups in total. The van der Waals surface area contributed by atoms with Crippen molar-refractivity contribution in [1.82, 2.24) is 0 Å². The zero-order valence-corrected chi connectivity index (χ0v) is 9.04. The van der Waals surface area contributed by atoms with Gasteiger partial charge in [0.05, 0.1) is 6.10 Å². The number of rotatable bonds is 2. The summed E-state index contributed by atoms with van der Waals surface area (Å²) < 4.78 is 0. The molecule has 76 valence electrons. The highest BCUT2D eigenvalue weighted by atomic mass is 32.2. The van der Waals surface area contributed by atoms with E-state index >= 15 is 0 Å². The van der Waals surface area contributed by atoms with Gasteiger partial charge in [0.2, 0.25) is 0 Å². The third-order valence-electron chi connectivity index (χ3n) is 2.70. The van der Waals surface area contributed by atoms with E-state index in [9.17, 15) is 5.11 Å². The minimum absolute atomic E-state index is 0.103. The topological polar surface area (TPSA) is 20.2 Å². The Morgan fingerprint density at radius 2 is 1.79 bits per heavy atom. The fourth-order valence-corrected chi connectivity index (χ4v) is 3.13. The molecule has 0 spiro atoms. The van der Waals surface area contributed by atoms with Crippen LogP contribution in [0.3, 0.4) is 0 Å². The van der Waals surface area contributed by atoms with Gasteiger partial charge in [-0.15, -0.1) is 11.8 Å². The molecule has 14 heavy (non-hydrogen) atoms. The molecular formula is C12H16OS. The van der Waals surface area contributed by atoms with Crippen LogP contribution in [-0.2, 0) is 0 Å². The maximum Gasteiger partial charge on any atom is 0.0662 e. The van der Waals surface area contributed by atoms with Crippen LogP contribution in [0.25, 0.3) is 0 Å². The van der Waals surface area contributed by atoms with Gasteiger partial charge in [-0.05, 0) is 25.0 Å². The van der Waals surface area contributed by atoms with Crippen LogP contribution in [0.1, 0.15) is 25.7 Å². The lowest BCUT2D eigenvalue weighted by Crippen LogP contribution is -2.26. The lowest BCUT2D eigenvalue weighted by Gasteiger charge is -2.26. The lowest BCUT2D eigenvalue weighted by molar-refractivity contribution is 0.137. The van der Waals surface area contributed by atoms with Crippen LogP contribution in [-0.4, -0.2) is 16.5 Å². The van der Waals surface area contributed by atoms with Crippen molar-refractivity contribution in [2.75, 3.05) is 0 Å². The second-order valence-corrected chi connectivity index (χ2v) is 5.13. The Morgan fingerprint density at radius 1 is 1.07 bits per heavy atom. The Morgan fingerprint density at radius 3 is 2.50 bits per heavy atom. The molecule has 2 rings (SSSR count). The number of benzene rings is 1. The predicted octanol–water partition coefficient (Wildman–Crippen LogP) is 3.08. The maximum atomic E-state index is 9.81. The van der Waals surface area contributed by atoms with Crippen LogP contribution >= 0.6 is 11.8 Å². The summed E-state index contributed by atoms with van der Waals surface area (Å²) in [6.07, 6.45) is 4.48. The molecule has 0 heterocycles. The molecule has 0 saturated heterocycles. The Balaban J connectivity index is 1.96. The number of thioether (sulfide) groups is 1. The first kappa shape index (κ1) is 10.1. The zero-order chi connectivity index (χ0) is 9.80. The summed E-state index contributed by atoms with van der Waals surface area (Å²) >= 11 is 1.82. The minimum Gasteiger partial charge on any atom is -0.392 e. The van der Waals surface area contributed by atoms with E-state index in [0.717, 1.165) is 12.8 Å². The molecule has 1 aliphatic carbocycles. The Kier molecular flexibility index (Phi) is 3.49.